The number of anilines is 3. The molecule has 1 heterocycles. The predicted octanol–water partition coefficient (Wildman–Crippen LogP) is 12.2. The summed E-state index contributed by atoms with van der Waals surface area (Å²) in [5, 5.41) is 4.79. The zero-order valence-corrected chi connectivity index (χ0v) is 25.3. The van der Waals surface area contributed by atoms with Crippen molar-refractivity contribution in [3.05, 3.63) is 163 Å². The van der Waals surface area contributed by atoms with Gasteiger partial charge in [0.2, 0.25) is 0 Å². The Morgan fingerprint density at radius 1 is 0.511 bits per heavy atom. The highest BCUT2D eigenvalue weighted by Crippen LogP contribution is 2.54. The minimum absolute atomic E-state index is 0.185. The van der Waals surface area contributed by atoms with Crippen molar-refractivity contribution in [2.45, 2.75) is 19.3 Å². The summed E-state index contributed by atoms with van der Waals surface area (Å²) in [6.45, 7) is 4.68. The highest BCUT2D eigenvalue weighted by molar-refractivity contribution is 6.12. The Labute approximate surface area is 262 Å². The van der Waals surface area contributed by atoms with Gasteiger partial charge in [-0.15, -0.1) is 0 Å². The van der Waals surface area contributed by atoms with Crippen molar-refractivity contribution in [3.63, 3.8) is 0 Å². The monoisotopic (exact) mass is 577 g/mol. The van der Waals surface area contributed by atoms with Crippen LogP contribution in [0.3, 0.4) is 0 Å². The molecule has 0 bridgehead atoms. The van der Waals surface area contributed by atoms with Gasteiger partial charge in [-0.3, -0.25) is 0 Å². The molecule has 0 saturated carbocycles. The van der Waals surface area contributed by atoms with Crippen LogP contribution in [0.2, 0.25) is 0 Å². The lowest BCUT2D eigenvalue weighted by Gasteiger charge is -2.29. The summed E-state index contributed by atoms with van der Waals surface area (Å²) in [7, 11) is 0. The van der Waals surface area contributed by atoms with E-state index in [2.05, 4.69) is 164 Å². The molecule has 214 valence electrons. The van der Waals surface area contributed by atoms with Gasteiger partial charge in [0.15, 0.2) is 0 Å². The fraction of sp³-hybridized carbons (Fsp3) is 0.0698. The maximum absolute atomic E-state index is 6.55. The van der Waals surface area contributed by atoms with E-state index in [4.69, 9.17) is 4.42 Å². The first-order valence-electron chi connectivity index (χ1n) is 15.6. The number of benzene rings is 7. The molecule has 1 aliphatic rings. The highest BCUT2D eigenvalue weighted by atomic mass is 16.3. The van der Waals surface area contributed by atoms with E-state index in [9.17, 15) is 0 Å². The molecule has 0 atom stereocenters. The maximum Gasteiger partial charge on any atom is 0.143 e. The molecule has 9 rings (SSSR count). The lowest BCUT2D eigenvalue weighted by Crippen LogP contribution is -2.16. The van der Waals surface area contributed by atoms with E-state index in [1.165, 1.54) is 54.9 Å². The van der Waals surface area contributed by atoms with E-state index in [0.29, 0.717) is 0 Å². The van der Waals surface area contributed by atoms with E-state index in [1.807, 2.05) is 6.07 Å². The molecule has 2 heteroatoms. The summed E-state index contributed by atoms with van der Waals surface area (Å²) in [6, 6.07) is 54.7. The van der Waals surface area contributed by atoms with Crippen LogP contribution in [-0.4, -0.2) is 0 Å². The molecule has 0 amide bonds. The molecule has 0 spiro atoms. The average molecular weight is 578 g/mol. The van der Waals surface area contributed by atoms with Crippen molar-refractivity contribution in [2.75, 3.05) is 4.90 Å². The number of nitrogens with zero attached hydrogens (tertiary/aromatic N) is 1. The smallest absolute Gasteiger partial charge is 0.143 e. The zero-order valence-electron chi connectivity index (χ0n) is 25.3. The van der Waals surface area contributed by atoms with Crippen LogP contribution in [0.4, 0.5) is 17.1 Å². The predicted molar refractivity (Wildman–Crippen MR) is 189 cm³/mol. The maximum atomic E-state index is 6.55. The molecule has 0 aliphatic heterocycles. The van der Waals surface area contributed by atoms with Gasteiger partial charge in [-0.25, -0.2) is 0 Å². The van der Waals surface area contributed by atoms with Crippen LogP contribution in [0.5, 0.6) is 0 Å². The highest BCUT2D eigenvalue weighted by Gasteiger charge is 2.38. The second-order valence-corrected chi connectivity index (χ2v) is 12.6. The Hall–Kier alpha value is -5.60. The Morgan fingerprint density at radius 2 is 1.20 bits per heavy atom. The minimum Gasteiger partial charge on any atom is -0.455 e. The molecule has 8 aromatic rings. The van der Waals surface area contributed by atoms with Crippen molar-refractivity contribution in [1.82, 2.24) is 0 Å². The SMILES string of the molecule is CC1(C)c2cc(N(c3ccc(-c4ccccc4)cc3)c3cccc4ccccc34)ccc2-c2c1ccc1c2oc2ccccc21. The Balaban J connectivity index is 1.25. The number of furan rings is 1. The Morgan fingerprint density at radius 3 is 2.04 bits per heavy atom. The number of hydrogen-bond acceptors (Lipinski definition) is 2. The van der Waals surface area contributed by atoms with Gasteiger partial charge < -0.3 is 9.32 Å². The van der Waals surface area contributed by atoms with E-state index >= 15 is 0 Å². The fourth-order valence-corrected chi connectivity index (χ4v) is 7.39. The summed E-state index contributed by atoms with van der Waals surface area (Å²) >= 11 is 0. The third-order valence-electron chi connectivity index (χ3n) is 9.66. The van der Waals surface area contributed by atoms with Crippen molar-refractivity contribution in [1.29, 1.82) is 0 Å². The van der Waals surface area contributed by atoms with Gasteiger partial charge in [0, 0.05) is 38.5 Å². The van der Waals surface area contributed by atoms with Crippen LogP contribution in [0.15, 0.2) is 156 Å². The van der Waals surface area contributed by atoms with E-state index in [-0.39, 0.29) is 5.41 Å². The summed E-state index contributed by atoms with van der Waals surface area (Å²) in [5.41, 5.74) is 12.7. The first-order chi connectivity index (χ1) is 22.1. The van der Waals surface area contributed by atoms with E-state index in [1.54, 1.807) is 0 Å². The van der Waals surface area contributed by atoms with Gasteiger partial charge in [-0.2, -0.15) is 0 Å². The molecule has 0 unspecified atom stereocenters. The average Bonchev–Trinajstić information content (AvgIpc) is 3.58. The zero-order chi connectivity index (χ0) is 30.1. The first-order valence-corrected chi connectivity index (χ1v) is 15.6. The third-order valence-corrected chi connectivity index (χ3v) is 9.66. The quantitative estimate of drug-likeness (QED) is 0.207. The van der Waals surface area contributed by atoms with Crippen LogP contribution in [-0.2, 0) is 5.41 Å². The van der Waals surface area contributed by atoms with Crippen molar-refractivity contribution < 1.29 is 4.42 Å². The van der Waals surface area contributed by atoms with Crippen molar-refractivity contribution in [2.24, 2.45) is 0 Å². The van der Waals surface area contributed by atoms with Crippen LogP contribution < -0.4 is 4.90 Å². The molecule has 2 nitrogen and oxygen atoms in total. The van der Waals surface area contributed by atoms with Gasteiger partial charge in [-0.1, -0.05) is 129 Å². The Kier molecular flexibility index (Phi) is 5.58. The number of hydrogen-bond donors (Lipinski definition) is 0. The van der Waals surface area contributed by atoms with Crippen LogP contribution >= 0.6 is 0 Å². The Bertz CT molecular complexity index is 2390. The standard InChI is InChI=1S/C43H31NO/c1-43(2)37-26-25-35-34-16-8-9-18-40(34)45-42(35)41(37)36-24-23-32(27-38(36)43)44(39-17-10-14-30-13-6-7-15-33(30)39)31-21-19-29(20-22-31)28-11-4-3-5-12-28/h3-27H,1-2H3. The molecular weight excluding hydrogens is 546 g/mol. The van der Waals surface area contributed by atoms with Gasteiger partial charge in [-0.05, 0) is 69.6 Å². The lowest BCUT2D eigenvalue weighted by atomic mass is 9.82. The van der Waals surface area contributed by atoms with E-state index < -0.39 is 0 Å². The number of para-hydroxylation sites is 1. The third kappa shape index (κ3) is 3.89. The van der Waals surface area contributed by atoms with Gasteiger partial charge in [0.05, 0.1) is 5.69 Å². The molecule has 0 N–H and O–H groups in total. The summed E-state index contributed by atoms with van der Waals surface area (Å²) in [5.74, 6) is 0. The van der Waals surface area contributed by atoms with E-state index in [0.717, 1.165) is 28.2 Å². The molecule has 1 aliphatic carbocycles. The number of fused-ring (bicyclic) bond motifs is 8. The van der Waals surface area contributed by atoms with Crippen LogP contribution in [0.25, 0.3) is 55.0 Å². The summed E-state index contributed by atoms with van der Waals surface area (Å²) in [6.07, 6.45) is 0. The summed E-state index contributed by atoms with van der Waals surface area (Å²) < 4.78 is 6.55. The first kappa shape index (κ1) is 25.9. The molecule has 0 fully saturated rings. The van der Waals surface area contributed by atoms with Crippen molar-refractivity contribution in [3.8, 4) is 22.3 Å². The topological polar surface area (TPSA) is 16.4 Å². The van der Waals surface area contributed by atoms with Gasteiger partial charge in [0.1, 0.15) is 11.2 Å². The minimum atomic E-state index is -0.185. The molecule has 1 aromatic heterocycles. The molecule has 0 radical (unpaired) electrons. The molecule has 7 aromatic carbocycles. The number of rotatable bonds is 4. The fourth-order valence-electron chi connectivity index (χ4n) is 7.39. The van der Waals surface area contributed by atoms with Crippen LogP contribution in [0, 0.1) is 0 Å². The second-order valence-electron chi connectivity index (χ2n) is 12.6. The molecule has 45 heavy (non-hydrogen) atoms. The van der Waals surface area contributed by atoms with Gasteiger partial charge in [0.25, 0.3) is 0 Å². The summed E-state index contributed by atoms with van der Waals surface area (Å²) in [4.78, 5) is 2.41. The lowest BCUT2D eigenvalue weighted by molar-refractivity contribution is 0.653. The van der Waals surface area contributed by atoms with Gasteiger partial charge >= 0.3 is 0 Å². The second kappa shape index (κ2) is 9.70. The molecule has 0 saturated heterocycles. The normalized spacial score (nSPS) is 13.3. The largest absolute Gasteiger partial charge is 0.455 e. The van der Waals surface area contributed by atoms with Crippen molar-refractivity contribution >= 4 is 49.8 Å². The molecular formula is C43H31NO. The van der Waals surface area contributed by atoms with Crippen LogP contribution in [0.1, 0.15) is 25.0 Å².